The second-order valence-electron chi connectivity index (χ2n) is 4.61. The Kier molecular flexibility index (Phi) is 3.98. The first-order valence-electron chi connectivity index (χ1n) is 6.26. The molecule has 1 amide bonds. The molecular formula is C12H20N4O2. The van der Waals surface area contributed by atoms with Crippen molar-refractivity contribution in [3.8, 4) is 0 Å². The lowest BCUT2D eigenvalue weighted by Crippen LogP contribution is -2.48. The van der Waals surface area contributed by atoms with E-state index in [4.69, 9.17) is 10.5 Å². The van der Waals surface area contributed by atoms with E-state index in [2.05, 4.69) is 12.0 Å². The fraction of sp³-hybridized carbons (Fsp3) is 0.667. The van der Waals surface area contributed by atoms with Gasteiger partial charge < -0.3 is 15.4 Å². The van der Waals surface area contributed by atoms with Gasteiger partial charge in [-0.15, -0.1) is 0 Å². The summed E-state index contributed by atoms with van der Waals surface area (Å²) in [6.45, 7) is 3.89. The number of nitrogens with zero attached hydrogens (tertiary/aromatic N) is 3. The van der Waals surface area contributed by atoms with Crippen molar-refractivity contribution in [2.45, 2.75) is 25.5 Å². The van der Waals surface area contributed by atoms with Gasteiger partial charge in [0.2, 0.25) is 5.91 Å². The highest BCUT2D eigenvalue weighted by Gasteiger charge is 2.28. The molecule has 6 nitrogen and oxygen atoms in total. The van der Waals surface area contributed by atoms with Gasteiger partial charge in [-0.25, -0.2) is 0 Å². The number of carbonyl (C=O) groups excluding carboxylic acids is 1. The van der Waals surface area contributed by atoms with E-state index in [1.54, 1.807) is 22.0 Å². The van der Waals surface area contributed by atoms with Crippen LogP contribution >= 0.6 is 0 Å². The summed E-state index contributed by atoms with van der Waals surface area (Å²) in [5.74, 6) is -0.0512. The first-order chi connectivity index (χ1) is 8.61. The van der Waals surface area contributed by atoms with E-state index < -0.39 is 6.04 Å². The third kappa shape index (κ3) is 2.70. The van der Waals surface area contributed by atoms with Crippen LogP contribution in [0.2, 0.25) is 0 Å². The molecule has 0 saturated carbocycles. The SMILES string of the molecule is CCC1CN(C(=O)C(N)c2cnn(C)c2)CCO1. The summed E-state index contributed by atoms with van der Waals surface area (Å²) in [7, 11) is 1.81. The Balaban J connectivity index is 2.02. The van der Waals surface area contributed by atoms with Crippen molar-refractivity contribution in [1.29, 1.82) is 0 Å². The average Bonchev–Trinajstić information content (AvgIpc) is 2.83. The quantitative estimate of drug-likeness (QED) is 0.825. The van der Waals surface area contributed by atoms with Crippen molar-refractivity contribution in [1.82, 2.24) is 14.7 Å². The van der Waals surface area contributed by atoms with Gasteiger partial charge >= 0.3 is 0 Å². The van der Waals surface area contributed by atoms with Crippen LogP contribution in [0.3, 0.4) is 0 Å². The molecule has 2 atom stereocenters. The van der Waals surface area contributed by atoms with Crippen molar-refractivity contribution in [2.75, 3.05) is 19.7 Å². The highest BCUT2D eigenvalue weighted by Crippen LogP contribution is 2.15. The minimum Gasteiger partial charge on any atom is -0.375 e. The maximum atomic E-state index is 12.3. The minimum atomic E-state index is -0.630. The standard InChI is InChI=1S/C12H20N4O2/c1-3-10-8-16(4-5-18-10)12(17)11(13)9-6-14-15(2)7-9/h6-7,10-11H,3-5,8,13H2,1-2H3. The Bertz CT molecular complexity index is 418. The lowest BCUT2D eigenvalue weighted by atomic mass is 10.1. The zero-order chi connectivity index (χ0) is 13.1. The van der Waals surface area contributed by atoms with Crippen LogP contribution in [0.5, 0.6) is 0 Å². The predicted octanol–water partition coefficient (Wildman–Crippen LogP) is 0.0573. The van der Waals surface area contributed by atoms with Gasteiger partial charge in [0, 0.05) is 31.9 Å². The Morgan fingerprint density at radius 3 is 3.11 bits per heavy atom. The Morgan fingerprint density at radius 1 is 1.72 bits per heavy atom. The summed E-state index contributed by atoms with van der Waals surface area (Å²) in [6.07, 6.45) is 4.45. The third-order valence-electron chi connectivity index (χ3n) is 3.26. The molecule has 1 saturated heterocycles. The van der Waals surface area contributed by atoms with E-state index in [0.29, 0.717) is 19.7 Å². The fourth-order valence-electron chi connectivity index (χ4n) is 2.11. The number of morpholine rings is 1. The van der Waals surface area contributed by atoms with Crippen LogP contribution < -0.4 is 5.73 Å². The molecule has 1 aliphatic heterocycles. The Morgan fingerprint density at radius 2 is 2.50 bits per heavy atom. The number of hydrogen-bond donors (Lipinski definition) is 1. The molecule has 2 heterocycles. The molecule has 2 unspecified atom stereocenters. The van der Waals surface area contributed by atoms with Crippen LogP contribution in [0.4, 0.5) is 0 Å². The van der Waals surface area contributed by atoms with Crippen molar-refractivity contribution in [2.24, 2.45) is 12.8 Å². The number of ether oxygens (including phenoxy) is 1. The van der Waals surface area contributed by atoms with Crippen LogP contribution in [-0.4, -0.2) is 46.4 Å². The molecule has 0 spiro atoms. The molecule has 1 aliphatic rings. The van der Waals surface area contributed by atoms with E-state index in [9.17, 15) is 4.79 Å². The molecule has 1 aromatic heterocycles. The molecule has 2 N–H and O–H groups in total. The van der Waals surface area contributed by atoms with Gasteiger partial charge in [0.05, 0.1) is 18.9 Å². The van der Waals surface area contributed by atoms with Crippen LogP contribution in [0.15, 0.2) is 12.4 Å². The summed E-state index contributed by atoms with van der Waals surface area (Å²) in [5.41, 5.74) is 6.74. The van der Waals surface area contributed by atoms with Gasteiger partial charge in [-0.1, -0.05) is 6.92 Å². The summed E-state index contributed by atoms with van der Waals surface area (Å²) in [6, 6.07) is -0.630. The van der Waals surface area contributed by atoms with Crippen molar-refractivity contribution >= 4 is 5.91 Å². The smallest absolute Gasteiger partial charge is 0.244 e. The van der Waals surface area contributed by atoms with E-state index in [1.807, 2.05) is 7.05 Å². The molecule has 18 heavy (non-hydrogen) atoms. The van der Waals surface area contributed by atoms with Gasteiger partial charge in [-0.05, 0) is 6.42 Å². The number of rotatable bonds is 3. The zero-order valence-corrected chi connectivity index (χ0v) is 10.9. The molecule has 0 bridgehead atoms. The van der Waals surface area contributed by atoms with E-state index >= 15 is 0 Å². The second-order valence-corrected chi connectivity index (χ2v) is 4.61. The zero-order valence-electron chi connectivity index (χ0n) is 10.9. The predicted molar refractivity (Wildman–Crippen MR) is 66.7 cm³/mol. The Labute approximate surface area is 107 Å². The molecule has 0 aliphatic carbocycles. The third-order valence-corrected chi connectivity index (χ3v) is 3.26. The summed E-state index contributed by atoms with van der Waals surface area (Å²) in [5, 5.41) is 4.04. The van der Waals surface area contributed by atoms with Gasteiger partial charge in [-0.3, -0.25) is 9.48 Å². The number of amides is 1. The highest BCUT2D eigenvalue weighted by atomic mass is 16.5. The maximum absolute atomic E-state index is 12.3. The number of nitrogens with two attached hydrogens (primary N) is 1. The van der Waals surface area contributed by atoms with Gasteiger partial charge in [0.25, 0.3) is 0 Å². The normalized spacial score (nSPS) is 21.9. The first-order valence-corrected chi connectivity index (χ1v) is 6.26. The number of carbonyl (C=O) groups is 1. The molecule has 100 valence electrons. The van der Waals surface area contributed by atoms with E-state index in [0.717, 1.165) is 12.0 Å². The number of hydrogen-bond acceptors (Lipinski definition) is 4. The van der Waals surface area contributed by atoms with Gasteiger partial charge in [0.15, 0.2) is 0 Å². The molecule has 6 heteroatoms. The van der Waals surface area contributed by atoms with Crippen LogP contribution in [0, 0.1) is 0 Å². The molecule has 1 fully saturated rings. The summed E-state index contributed by atoms with van der Waals surface area (Å²) in [4.78, 5) is 14.1. The first kappa shape index (κ1) is 13.0. The lowest BCUT2D eigenvalue weighted by Gasteiger charge is -2.33. The van der Waals surface area contributed by atoms with Crippen LogP contribution in [-0.2, 0) is 16.6 Å². The van der Waals surface area contributed by atoms with E-state index in [1.165, 1.54) is 0 Å². The topological polar surface area (TPSA) is 73.4 Å². The molecular weight excluding hydrogens is 232 g/mol. The van der Waals surface area contributed by atoms with Crippen molar-refractivity contribution in [3.63, 3.8) is 0 Å². The average molecular weight is 252 g/mol. The summed E-state index contributed by atoms with van der Waals surface area (Å²) >= 11 is 0. The minimum absolute atomic E-state index is 0.0512. The van der Waals surface area contributed by atoms with E-state index in [-0.39, 0.29) is 12.0 Å². The second kappa shape index (κ2) is 5.49. The maximum Gasteiger partial charge on any atom is 0.244 e. The molecule has 1 aromatic rings. The monoisotopic (exact) mass is 252 g/mol. The van der Waals surface area contributed by atoms with Crippen molar-refractivity contribution < 1.29 is 9.53 Å². The van der Waals surface area contributed by atoms with Crippen LogP contribution in [0.25, 0.3) is 0 Å². The highest BCUT2D eigenvalue weighted by molar-refractivity contribution is 5.83. The molecule has 0 radical (unpaired) electrons. The molecule has 2 rings (SSSR count). The largest absolute Gasteiger partial charge is 0.375 e. The van der Waals surface area contributed by atoms with Gasteiger partial charge in [-0.2, -0.15) is 5.10 Å². The summed E-state index contributed by atoms with van der Waals surface area (Å²) < 4.78 is 7.20. The molecule has 0 aromatic carbocycles. The number of aryl methyl sites for hydroxylation is 1. The lowest BCUT2D eigenvalue weighted by molar-refractivity contribution is -0.140. The fourth-order valence-corrected chi connectivity index (χ4v) is 2.11. The Hall–Kier alpha value is -1.40. The number of aromatic nitrogens is 2. The van der Waals surface area contributed by atoms with Crippen molar-refractivity contribution in [3.05, 3.63) is 18.0 Å². The van der Waals surface area contributed by atoms with Crippen LogP contribution in [0.1, 0.15) is 24.9 Å². The van der Waals surface area contributed by atoms with Gasteiger partial charge in [0.1, 0.15) is 6.04 Å².